The zero-order chi connectivity index (χ0) is 14.4. The molecule has 1 aromatic carbocycles. The van der Waals surface area contributed by atoms with E-state index < -0.39 is 31.1 Å². The summed E-state index contributed by atoms with van der Waals surface area (Å²) in [5.41, 5.74) is 0.881. The lowest BCUT2D eigenvalue weighted by atomic mass is 10.1. The summed E-state index contributed by atoms with van der Waals surface area (Å²) < 4.78 is 6.68. The Labute approximate surface area is 123 Å². The molecule has 0 aliphatic carbocycles. The molecule has 2 aromatic rings. The van der Waals surface area contributed by atoms with Crippen molar-refractivity contribution in [3.63, 3.8) is 0 Å². The molecule has 0 radical (unpaired) electrons. The second-order valence-corrected chi connectivity index (χ2v) is 5.36. The highest BCUT2D eigenvalue weighted by Gasteiger charge is 2.44. The highest BCUT2D eigenvalue weighted by Crippen LogP contribution is 2.33. The summed E-state index contributed by atoms with van der Waals surface area (Å²) in [6.45, 7) is -0.414. The van der Waals surface area contributed by atoms with Crippen LogP contribution in [0.15, 0.2) is 12.1 Å². The first-order valence-electron chi connectivity index (χ1n) is 5.85. The highest BCUT2D eigenvalue weighted by atomic mass is 35.5. The van der Waals surface area contributed by atoms with Gasteiger partial charge in [-0.15, -0.1) is 5.10 Å². The van der Waals surface area contributed by atoms with Gasteiger partial charge >= 0.3 is 0 Å². The van der Waals surface area contributed by atoms with Gasteiger partial charge in [-0.3, -0.25) is 0 Å². The Morgan fingerprint density at radius 1 is 1.25 bits per heavy atom. The summed E-state index contributed by atoms with van der Waals surface area (Å²) in [4.78, 5) is 0. The smallest absolute Gasteiger partial charge is 0.181 e. The lowest BCUT2D eigenvalue weighted by molar-refractivity contribution is -0.0572. The molecule has 0 amide bonds. The lowest BCUT2D eigenvalue weighted by Crippen LogP contribution is -2.33. The molecule has 9 heteroatoms. The van der Waals surface area contributed by atoms with Gasteiger partial charge in [0.2, 0.25) is 0 Å². The van der Waals surface area contributed by atoms with E-state index in [1.807, 2.05) is 0 Å². The van der Waals surface area contributed by atoms with Crippen molar-refractivity contribution in [2.45, 2.75) is 24.5 Å². The van der Waals surface area contributed by atoms with Crippen molar-refractivity contribution in [2.75, 3.05) is 6.61 Å². The molecule has 0 spiro atoms. The molecule has 2 heterocycles. The molecule has 1 aliphatic rings. The van der Waals surface area contributed by atoms with Crippen molar-refractivity contribution in [3.8, 4) is 0 Å². The van der Waals surface area contributed by atoms with Crippen molar-refractivity contribution in [3.05, 3.63) is 22.2 Å². The van der Waals surface area contributed by atoms with Gasteiger partial charge in [0.15, 0.2) is 6.23 Å². The first kappa shape index (κ1) is 14.0. The summed E-state index contributed by atoms with van der Waals surface area (Å²) in [6, 6.07) is 3.11. The van der Waals surface area contributed by atoms with Gasteiger partial charge in [-0.05, 0) is 12.1 Å². The third kappa shape index (κ3) is 2.07. The fraction of sp³-hybridized carbons (Fsp3) is 0.455. The first-order valence-corrected chi connectivity index (χ1v) is 6.61. The topological polar surface area (TPSA) is 101 Å². The maximum Gasteiger partial charge on any atom is 0.181 e. The average Bonchev–Trinajstić information content (AvgIpc) is 2.93. The molecule has 0 saturated carbocycles. The van der Waals surface area contributed by atoms with Gasteiger partial charge in [-0.1, -0.05) is 28.4 Å². The van der Waals surface area contributed by atoms with E-state index in [2.05, 4.69) is 10.3 Å². The van der Waals surface area contributed by atoms with Crippen molar-refractivity contribution < 1.29 is 20.1 Å². The maximum atomic E-state index is 9.99. The van der Waals surface area contributed by atoms with E-state index in [0.717, 1.165) is 0 Å². The Morgan fingerprint density at radius 2 is 2.00 bits per heavy atom. The molecule has 1 saturated heterocycles. The fourth-order valence-electron chi connectivity index (χ4n) is 2.24. The van der Waals surface area contributed by atoms with E-state index in [9.17, 15) is 10.2 Å². The van der Waals surface area contributed by atoms with E-state index in [0.29, 0.717) is 21.1 Å². The number of aromatic nitrogens is 3. The number of rotatable bonds is 2. The molecular formula is C11H11Cl2N3O4. The van der Waals surface area contributed by atoms with Crippen LogP contribution in [0.1, 0.15) is 6.23 Å². The molecular weight excluding hydrogens is 309 g/mol. The van der Waals surface area contributed by atoms with Crippen LogP contribution in [-0.4, -0.2) is 55.2 Å². The summed E-state index contributed by atoms with van der Waals surface area (Å²) in [7, 11) is 0. The minimum atomic E-state index is -1.24. The second kappa shape index (κ2) is 5.10. The summed E-state index contributed by atoms with van der Waals surface area (Å²) in [5, 5.41) is 37.3. The monoisotopic (exact) mass is 319 g/mol. The minimum absolute atomic E-state index is 0.325. The number of hydrogen-bond acceptors (Lipinski definition) is 6. The molecule has 20 heavy (non-hydrogen) atoms. The van der Waals surface area contributed by atoms with Crippen LogP contribution >= 0.6 is 23.2 Å². The van der Waals surface area contributed by atoms with Gasteiger partial charge in [-0.2, -0.15) is 0 Å². The van der Waals surface area contributed by atoms with Crippen LogP contribution in [0.4, 0.5) is 0 Å². The maximum absolute atomic E-state index is 9.99. The highest BCUT2D eigenvalue weighted by molar-refractivity contribution is 6.38. The van der Waals surface area contributed by atoms with Gasteiger partial charge in [-0.25, -0.2) is 4.68 Å². The molecule has 1 fully saturated rings. The lowest BCUT2D eigenvalue weighted by Gasteiger charge is -2.15. The van der Waals surface area contributed by atoms with Gasteiger partial charge in [0, 0.05) is 5.02 Å². The standard InChI is InChI=1S/C11H11Cl2N3O4/c12-4-1-5(13)8-6(2-4)16(15-14-8)11-10(19)9(18)7(3-17)20-11/h1-2,7,9-11,17-19H,3H2/t7?,9-,10-,11-/m1/s1. The van der Waals surface area contributed by atoms with Crippen molar-refractivity contribution in [2.24, 2.45) is 0 Å². The van der Waals surface area contributed by atoms with Gasteiger partial charge in [0.1, 0.15) is 23.8 Å². The largest absolute Gasteiger partial charge is 0.394 e. The summed E-state index contributed by atoms with van der Waals surface area (Å²) in [5.74, 6) is 0. The van der Waals surface area contributed by atoms with E-state index in [1.165, 1.54) is 10.7 Å². The Bertz CT molecular complexity index is 650. The average molecular weight is 320 g/mol. The Morgan fingerprint density at radius 3 is 2.65 bits per heavy atom. The fourth-order valence-corrected chi connectivity index (χ4v) is 2.76. The normalized spacial score (nSPS) is 30.2. The van der Waals surface area contributed by atoms with E-state index in [1.54, 1.807) is 6.07 Å². The Kier molecular flexibility index (Phi) is 3.57. The van der Waals surface area contributed by atoms with Crippen molar-refractivity contribution in [1.29, 1.82) is 0 Å². The zero-order valence-electron chi connectivity index (χ0n) is 10.0. The first-order chi connectivity index (χ1) is 9.52. The Balaban J connectivity index is 2.07. The molecule has 1 aromatic heterocycles. The zero-order valence-corrected chi connectivity index (χ0v) is 11.5. The van der Waals surface area contributed by atoms with Crippen LogP contribution in [0, 0.1) is 0 Å². The van der Waals surface area contributed by atoms with Gasteiger partial charge in [0.05, 0.1) is 17.1 Å². The molecule has 3 N–H and O–H groups in total. The summed E-state index contributed by atoms with van der Waals surface area (Å²) in [6.07, 6.45) is -4.31. The number of benzene rings is 1. The van der Waals surface area contributed by atoms with Crippen LogP contribution in [0.25, 0.3) is 11.0 Å². The Hall–Kier alpha value is -0.960. The van der Waals surface area contributed by atoms with Crippen molar-refractivity contribution >= 4 is 34.2 Å². The van der Waals surface area contributed by atoms with Crippen molar-refractivity contribution in [1.82, 2.24) is 15.0 Å². The van der Waals surface area contributed by atoms with Crippen LogP contribution in [-0.2, 0) is 4.74 Å². The van der Waals surface area contributed by atoms with Crippen LogP contribution in [0.3, 0.4) is 0 Å². The molecule has 1 unspecified atom stereocenters. The minimum Gasteiger partial charge on any atom is -0.394 e. The third-order valence-electron chi connectivity index (χ3n) is 3.25. The molecule has 1 aliphatic heterocycles. The second-order valence-electron chi connectivity index (χ2n) is 4.52. The number of fused-ring (bicyclic) bond motifs is 1. The molecule has 3 rings (SSSR count). The van der Waals surface area contributed by atoms with E-state index in [-0.39, 0.29) is 0 Å². The number of aliphatic hydroxyl groups is 3. The number of ether oxygens (including phenoxy) is 1. The van der Waals surface area contributed by atoms with Crippen LogP contribution in [0.2, 0.25) is 10.0 Å². The predicted octanol–water partition coefficient (Wildman–Crippen LogP) is 0.350. The number of halogens is 2. The number of aliphatic hydroxyl groups excluding tert-OH is 3. The number of nitrogens with zero attached hydrogens (tertiary/aromatic N) is 3. The van der Waals surface area contributed by atoms with E-state index in [4.69, 9.17) is 33.0 Å². The third-order valence-corrected chi connectivity index (χ3v) is 3.76. The molecule has 4 atom stereocenters. The number of hydrogen-bond donors (Lipinski definition) is 3. The van der Waals surface area contributed by atoms with Crippen LogP contribution in [0.5, 0.6) is 0 Å². The molecule has 7 nitrogen and oxygen atoms in total. The summed E-state index contributed by atoms with van der Waals surface area (Å²) >= 11 is 11.9. The molecule has 0 bridgehead atoms. The predicted molar refractivity (Wildman–Crippen MR) is 70.6 cm³/mol. The van der Waals surface area contributed by atoms with Gasteiger partial charge in [0.25, 0.3) is 0 Å². The van der Waals surface area contributed by atoms with Crippen LogP contribution < -0.4 is 0 Å². The van der Waals surface area contributed by atoms with Gasteiger partial charge < -0.3 is 20.1 Å². The SMILES string of the molecule is OCC1O[C@@H](n2nnc3c(Cl)cc(Cl)cc32)[C@H](O)[C@@H]1O. The quantitative estimate of drug-likeness (QED) is 0.738. The van der Waals surface area contributed by atoms with E-state index >= 15 is 0 Å². The molecule has 108 valence electrons.